The van der Waals surface area contributed by atoms with Crippen LogP contribution in [0.3, 0.4) is 0 Å². The highest BCUT2D eigenvalue weighted by Gasteiger charge is 2.17. The summed E-state index contributed by atoms with van der Waals surface area (Å²) >= 11 is 1.69. The first-order chi connectivity index (χ1) is 8.66. The molecule has 100 valence electrons. The van der Waals surface area contributed by atoms with Gasteiger partial charge in [-0.3, -0.25) is 4.79 Å². The fourth-order valence-electron chi connectivity index (χ4n) is 2.39. The van der Waals surface area contributed by atoms with Crippen molar-refractivity contribution in [3.8, 4) is 0 Å². The van der Waals surface area contributed by atoms with Crippen molar-refractivity contribution in [1.82, 2.24) is 9.55 Å². The molecule has 1 fully saturated rings. The summed E-state index contributed by atoms with van der Waals surface area (Å²) in [6, 6.07) is 0. The molecule has 0 N–H and O–H groups in total. The topological polar surface area (TPSA) is 34.9 Å². The van der Waals surface area contributed by atoms with E-state index in [1.165, 1.54) is 32.1 Å². The van der Waals surface area contributed by atoms with Gasteiger partial charge in [0.05, 0.1) is 0 Å². The van der Waals surface area contributed by atoms with Crippen LogP contribution in [0.4, 0.5) is 0 Å². The normalized spacial score (nSPS) is 17.3. The predicted octanol–water partition coefficient (Wildman–Crippen LogP) is 3.32. The van der Waals surface area contributed by atoms with Crippen LogP contribution in [0.15, 0.2) is 22.2 Å². The van der Waals surface area contributed by atoms with E-state index in [-0.39, 0.29) is 5.56 Å². The molecule has 0 saturated heterocycles. The Hall–Kier alpha value is -0.770. The monoisotopic (exact) mass is 266 g/mol. The molecule has 0 amide bonds. The lowest BCUT2D eigenvalue weighted by molar-refractivity contribution is 0.500. The van der Waals surface area contributed by atoms with Crippen molar-refractivity contribution in [3.63, 3.8) is 0 Å². The summed E-state index contributed by atoms with van der Waals surface area (Å²) in [6.07, 6.45) is 9.95. The second-order valence-corrected chi connectivity index (χ2v) is 6.75. The minimum absolute atomic E-state index is 0.0850. The van der Waals surface area contributed by atoms with Crippen LogP contribution < -0.4 is 5.56 Å². The van der Waals surface area contributed by atoms with Crippen LogP contribution in [0.2, 0.25) is 0 Å². The zero-order valence-electron chi connectivity index (χ0n) is 11.3. The fraction of sp³-hybridized carbons (Fsp3) is 0.714. The largest absolute Gasteiger partial charge is 0.311 e. The van der Waals surface area contributed by atoms with Crippen molar-refractivity contribution in [2.75, 3.05) is 0 Å². The third-order valence-electron chi connectivity index (χ3n) is 3.27. The Morgan fingerprint density at radius 3 is 2.78 bits per heavy atom. The van der Waals surface area contributed by atoms with Crippen LogP contribution in [-0.4, -0.2) is 14.8 Å². The summed E-state index contributed by atoms with van der Waals surface area (Å²) in [5, 5.41) is 1.28. The van der Waals surface area contributed by atoms with Crippen molar-refractivity contribution in [2.45, 2.75) is 62.8 Å². The van der Waals surface area contributed by atoms with Gasteiger partial charge in [-0.25, -0.2) is 4.98 Å². The molecule has 0 aliphatic heterocycles. The molecule has 0 atom stereocenters. The molecule has 1 aliphatic rings. The maximum Gasteiger partial charge on any atom is 0.283 e. The Bertz CT molecular complexity index is 436. The molecule has 0 radical (unpaired) electrons. The molecule has 4 heteroatoms. The molecular formula is C14H22N2OS. The van der Waals surface area contributed by atoms with E-state index in [4.69, 9.17) is 0 Å². The highest BCUT2D eigenvalue weighted by Crippen LogP contribution is 2.30. The molecule has 0 unspecified atom stereocenters. The van der Waals surface area contributed by atoms with E-state index in [0.29, 0.717) is 16.2 Å². The minimum atomic E-state index is 0.0850. The Morgan fingerprint density at radius 2 is 2.11 bits per heavy atom. The van der Waals surface area contributed by atoms with Crippen LogP contribution in [0.1, 0.15) is 46.0 Å². The zero-order chi connectivity index (χ0) is 13.0. The smallest absolute Gasteiger partial charge is 0.283 e. The lowest BCUT2D eigenvalue weighted by Crippen LogP contribution is -2.25. The van der Waals surface area contributed by atoms with Gasteiger partial charge in [-0.15, -0.1) is 0 Å². The van der Waals surface area contributed by atoms with Gasteiger partial charge < -0.3 is 4.57 Å². The second kappa shape index (κ2) is 6.41. The summed E-state index contributed by atoms with van der Waals surface area (Å²) in [5.74, 6) is 0.484. The van der Waals surface area contributed by atoms with Crippen LogP contribution >= 0.6 is 11.8 Å². The van der Waals surface area contributed by atoms with Gasteiger partial charge in [0.1, 0.15) is 0 Å². The number of hydrogen-bond donors (Lipinski definition) is 0. The Morgan fingerprint density at radius 1 is 1.39 bits per heavy atom. The average Bonchev–Trinajstić information content (AvgIpc) is 2.35. The van der Waals surface area contributed by atoms with Crippen molar-refractivity contribution in [1.29, 1.82) is 0 Å². The molecule has 1 aliphatic carbocycles. The second-order valence-electron chi connectivity index (χ2n) is 5.46. The summed E-state index contributed by atoms with van der Waals surface area (Å²) in [6.45, 7) is 5.03. The van der Waals surface area contributed by atoms with Crippen LogP contribution in [0, 0.1) is 5.92 Å². The van der Waals surface area contributed by atoms with E-state index in [0.717, 1.165) is 6.54 Å². The zero-order valence-corrected chi connectivity index (χ0v) is 12.1. The molecule has 0 aromatic carbocycles. The van der Waals surface area contributed by atoms with E-state index >= 15 is 0 Å². The van der Waals surface area contributed by atoms with Gasteiger partial charge in [-0.05, 0) is 18.8 Å². The Labute approximate surface area is 113 Å². The first-order valence-corrected chi connectivity index (χ1v) is 7.77. The summed E-state index contributed by atoms with van der Waals surface area (Å²) in [4.78, 5) is 16.5. The van der Waals surface area contributed by atoms with E-state index in [1.54, 1.807) is 28.7 Å². The first kappa shape index (κ1) is 13.7. The molecule has 18 heavy (non-hydrogen) atoms. The highest BCUT2D eigenvalue weighted by molar-refractivity contribution is 7.99. The van der Waals surface area contributed by atoms with Crippen molar-refractivity contribution >= 4 is 11.8 Å². The maximum atomic E-state index is 12.3. The average molecular weight is 266 g/mol. The minimum Gasteiger partial charge on any atom is -0.311 e. The van der Waals surface area contributed by atoms with E-state index < -0.39 is 0 Å². The van der Waals surface area contributed by atoms with Gasteiger partial charge in [0, 0.05) is 24.2 Å². The van der Waals surface area contributed by atoms with Gasteiger partial charge in [0.15, 0.2) is 5.03 Å². The summed E-state index contributed by atoms with van der Waals surface area (Å²) in [7, 11) is 0. The van der Waals surface area contributed by atoms with Gasteiger partial charge in [-0.1, -0.05) is 44.9 Å². The molecule has 3 nitrogen and oxygen atoms in total. The first-order valence-electron chi connectivity index (χ1n) is 6.89. The molecule has 1 heterocycles. The van der Waals surface area contributed by atoms with E-state index in [9.17, 15) is 4.79 Å². The molecule has 0 bridgehead atoms. The van der Waals surface area contributed by atoms with Crippen molar-refractivity contribution in [2.24, 2.45) is 5.92 Å². The van der Waals surface area contributed by atoms with E-state index in [2.05, 4.69) is 18.8 Å². The highest BCUT2D eigenvalue weighted by atomic mass is 32.2. The van der Waals surface area contributed by atoms with Crippen molar-refractivity contribution < 1.29 is 0 Å². The lowest BCUT2D eigenvalue weighted by Gasteiger charge is -2.20. The fourth-order valence-corrected chi connectivity index (χ4v) is 3.61. The lowest BCUT2D eigenvalue weighted by atomic mass is 10.0. The summed E-state index contributed by atoms with van der Waals surface area (Å²) in [5.41, 5.74) is 0.0850. The molecule has 1 saturated carbocycles. The summed E-state index contributed by atoms with van der Waals surface area (Å²) < 4.78 is 1.79. The van der Waals surface area contributed by atoms with E-state index in [1.807, 2.05) is 0 Å². The standard InChI is InChI=1S/C14H22N2OS/c1-11(2)10-16-9-8-15-13(14(16)17)18-12-6-4-3-5-7-12/h8-9,11-12H,3-7,10H2,1-2H3. The van der Waals surface area contributed by atoms with Gasteiger partial charge in [0.2, 0.25) is 0 Å². The van der Waals surface area contributed by atoms with Crippen molar-refractivity contribution in [3.05, 3.63) is 22.7 Å². The van der Waals surface area contributed by atoms with Gasteiger partial charge >= 0.3 is 0 Å². The Balaban J connectivity index is 2.10. The number of rotatable bonds is 4. The van der Waals surface area contributed by atoms with Gasteiger partial charge in [0.25, 0.3) is 5.56 Å². The third-order valence-corrected chi connectivity index (χ3v) is 4.58. The SMILES string of the molecule is CC(C)Cn1ccnc(SC2CCCCC2)c1=O. The molecule has 0 spiro atoms. The number of aromatic nitrogens is 2. The molecule has 2 rings (SSSR count). The Kier molecular flexibility index (Phi) is 4.87. The predicted molar refractivity (Wildman–Crippen MR) is 76.1 cm³/mol. The van der Waals surface area contributed by atoms with Crippen LogP contribution in [0.25, 0.3) is 0 Å². The number of thioether (sulfide) groups is 1. The maximum absolute atomic E-state index is 12.3. The van der Waals surface area contributed by atoms with Crippen LogP contribution in [0.5, 0.6) is 0 Å². The molecular weight excluding hydrogens is 244 g/mol. The number of hydrogen-bond acceptors (Lipinski definition) is 3. The molecule has 1 aromatic rings. The number of nitrogens with zero attached hydrogens (tertiary/aromatic N) is 2. The third kappa shape index (κ3) is 3.61. The molecule has 1 aromatic heterocycles. The quantitative estimate of drug-likeness (QED) is 0.838. The van der Waals surface area contributed by atoms with Gasteiger partial charge in [-0.2, -0.15) is 0 Å². The van der Waals surface area contributed by atoms with Crippen LogP contribution in [-0.2, 0) is 6.54 Å².